The van der Waals surface area contributed by atoms with Crippen molar-refractivity contribution in [1.82, 2.24) is 41.9 Å². The van der Waals surface area contributed by atoms with Gasteiger partial charge in [-0.05, 0) is 24.0 Å². The summed E-state index contributed by atoms with van der Waals surface area (Å²) in [7, 11) is 0. The Morgan fingerprint density at radius 1 is 0.645 bits per heavy atom. The maximum atomic E-state index is 13.9. The predicted octanol–water partition coefficient (Wildman–Crippen LogP) is -4.09. The molecule has 6 amide bonds. The Labute approximate surface area is 355 Å². The Hall–Kier alpha value is -7.40. The number of aliphatic imine (C=N–C) groups is 1. The van der Waals surface area contributed by atoms with E-state index in [1.54, 1.807) is 60.7 Å². The van der Waals surface area contributed by atoms with Crippen LogP contribution in [-0.2, 0) is 57.6 Å². The lowest BCUT2D eigenvalue weighted by Gasteiger charge is -2.27. The number of imidazole rings is 1. The van der Waals surface area contributed by atoms with Gasteiger partial charge in [-0.3, -0.25) is 38.6 Å². The molecule has 23 nitrogen and oxygen atoms in total. The molecule has 0 spiro atoms. The highest BCUT2D eigenvalue weighted by Crippen LogP contribution is 2.09. The number of carboxylic acids is 2. The fraction of sp³-hybridized carbons (Fsp3) is 0.385. The number of amides is 6. The van der Waals surface area contributed by atoms with Gasteiger partial charge in [0.2, 0.25) is 35.4 Å². The molecule has 1 aromatic heterocycles. The van der Waals surface area contributed by atoms with Gasteiger partial charge in [0.05, 0.1) is 25.9 Å². The normalized spacial score (nSPS) is 13.6. The number of carbonyl (C=O) groups excluding carboxylic acids is 6. The number of nitrogens with two attached hydrogens (primary N) is 3. The van der Waals surface area contributed by atoms with E-state index in [0.29, 0.717) is 16.8 Å². The zero-order valence-corrected chi connectivity index (χ0v) is 33.5. The molecular weight excluding hydrogens is 813 g/mol. The molecule has 334 valence electrons. The van der Waals surface area contributed by atoms with Crippen LogP contribution in [-0.4, -0.2) is 135 Å². The Morgan fingerprint density at radius 2 is 1.13 bits per heavy atom. The van der Waals surface area contributed by atoms with Gasteiger partial charge in [-0.25, -0.2) is 9.78 Å². The molecule has 0 radical (unpaired) electrons. The van der Waals surface area contributed by atoms with Crippen LogP contribution in [0.2, 0.25) is 0 Å². The molecule has 0 saturated carbocycles. The van der Waals surface area contributed by atoms with Gasteiger partial charge >= 0.3 is 11.9 Å². The van der Waals surface area contributed by atoms with Crippen molar-refractivity contribution in [2.75, 3.05) is 19.7 Å². The van der Waals surface area contributed by atoms with E-state index in [1.807, 2.05) is 0 Å². The molecule has 0 aliphatic rings. The molecule has 1 heterocycles. The molecule has 6 atom stereocenters. The van der Waals surface area contributed by atoms with Crippen molar-refractivity contribution in [3.05, 3.63) is 90.0 Å². The molecule has 62 heavy (non-hydrogen) atoms. The molecule has 0 unspecified atom stereocenters. The third kappa shape index (κ3) is 17.1. The van der Waals surface area contributed by atoms with Gasteiger partial charge < -0.3 is 69.4 Å². The highest BCUT2D eigenvalue weighted by atomic mass is 16.4. The summed E-state index contributed by atoms with van der Waals surface area (Å²) >= 11 is 0. The van der Waals surface area contributed by atoms with Crippen LogP contribution < -0.4 is 49.1 Å². The molecule has 0 bridgehead atoms. The first-order valence-electron chi connectivity index (χ1n) is 19.3. The number of carbonyl (C=O) groups is 8. The van der Waals surface area contributed by atoms with Gasteiger partial charge in [-0.1, -0.05) is 60.7 Å². The molecule has 0 fully saturated rings. The summed E-state index contributed by atoms with van der Waals surface area (Å²) in [5.74, 6) is -8.90. The minimum absolute atomic E-state index is 0.0266. The number of guanidine groups is 1. The van der Waals surface area contributed by atoms with Crippen LogP contribution in [0.15, 0.2) is 78.2 Å². The summed E-state index contributed by atoms with van der Waals surface area (Å²) in [4.78, 5) is 115. The monoisotopic (exact) mass is 864 g/mol. The number of nitrogens with zero attached hydrogens (tertiary/aromatic N) is 2. The number of H-pyrrole nitrogens is 1. The topological polar surface area (TPSA) is 389 Å². The fourth-order valence-corrected chi connectivity index (χ4v) is 5.90. The van der Waals surface area contributed by atoms with Crippen LogP contribution in [0.25, 0.3) is 0 Å². The average molecular weight is 865 g/mol. The summed E-state index contributed by atoms with van der Waals surface area (Å²) in [6.45, 7) is -1.46. The number of aromatic amines is 1. The fourth-order valence-electron chi connectivity index (χ4n) is 5.90. The SMILES string of the molecule is NCC(=O)N[C@@H](Cc1ccccc1)C(=O)N[C@@H](CC(=O)O)C(=O)N[C@@H](Cc1ccccc1)C(=O)N[C@@H](CO)C(=O)N[C@@H](CCCN=C(N)N)C(=O)N[C@@H](Cc1cnc[nH]1)C(=O)O. The van der Waals surface area contributed by atoms with Crippen LogP contribution in [0.1, 0.15) is 36.1 Å². The van der Waals surface area contributed by atoms with Crippen molar-refractivity contribution >= 4 is 53.3 Å². The van der Waals surface area contributed by atoms with Gasteiger partial charge in [-0.15, -0.1) is 0 Å². The summed E-state index contributed by atoms with van der Waals surface area (Å²) in [5, 5.41) is 44.1. The molecule has 2 aromatic carbocycles. The van der Waals surface area contributed by atoms with Gasteiger partial charge in [0.1, 0.15) is 36.3 Å². The van der Waals surface area contributed by atoms with E-state index >= 15 is 0 Å². The third-order valence-corrected chi connectivity index (χ3v) is 9.03. The zero-order chi connectivity index (χ0) is 45.6. The molecular formula is C39H52N12O11. The van der Waals surface area contributed by atoms with Crippen LogP contribution in [0.4, 0.5) is 0 Å². The van der Waals surface area contributed by atoms with Crippen molar-refractivity contribution in [2.24, 2.45) is 22.2 Å². The second kappa shape index (κ2) is 25.3. The number of aliphatic hydroxyl groups is 1. The van der Waals surface area contributed by atoms with E-state index in [0.717, 1.165) is 0 Å². The molecule has 0 aliphatic heterocycles. The lowest BCUT2D eigenvalue weighted by atomic mass is 10.0. The average Bonchev–Trinajstić information content (AvgIpc) is 3.76. The summed E-state index contributed by atoms with van der Waals surface area (Å²) in [5.41, 5.74) is 17.7. The number of hydrogen-bond acceptors (Lipinski definition) is 12. The van der Waals surface area contributed by atoms with Crippen molar-refractivity contribution < 1.29 is 53.7 Å². The molecule has 3 rings (SSSR count). The third-order valence-electron chi connectivity index (χ3n) is 9.03. The first-order chi connectivity index (χ1) is 29.6. The van der Waals surface area contributed by atoms with E-state index in [2.05, 4.69) is 46.9 Å². The summed E-state index contributed by atoms with van der Waals surface area (Å²) in [6.07, 6.45) is 1.29. The van der Waals surface area contributed by atoms with Crippen LogP contribution >= 0.6 is 0 Å². The van der Waals surface area contributed by atoms with Crippen LogP contribution in [0.5, 0.6) is 0 Å². The first-order valence-corrected chi connectivity index (χ1v) is 19.3. The van der Waals surface area contributed by atoms with Gasteiger partial charge in [0.15, 0.2) is 5.96 Å². The minimum Gasteiger partial charge on any atom is -0.481 e. The maximum absolute atomic E-state index is 13.9. The number of rotatable bonds is 26. The number of aliphatic hydroxyl groups excluding tert-OH is 1. The number of hydrogen-bond donors (Lipinski definition) is 13. The highest BCUT2D eigenvalue weighted by Gasteiger charge is 2.34. The Balaban J connectivity index is 1.84. The van der Waals surface area contributed by atoms with E-state index in [1.165, 1.54) is 12.5 Å². The molecule has 0 aliphatic carbocycles. The van der Waals surface area contributed by atoms with Crippen molar-refractivity contribution in [2.45, 2.75) is 74.8 Å². The summed E-state index contributed by atoms with van der Waals surface area (Å²) in [6, 6.07) is 7.51. The second-order valence-electron chi connectivity index (χ2n) is 13.9. The Bertz CT molecular complexity index is 2000. The number of benzene rings is 2. The largest absolute Gasteiger partial charge is 0.481 e. The van der Waals surface area contributed by atoms with Crippen LogP contribution in [0, 0.1) is 0 Å². The van der Waals surface area contributed by atoms with Gasteiger partial charge in [0, 0.05) is 37.7 Å². The number of aromatic nitrogens is 2. The van der Waals surface area contributed by atoms with Crippen molar-refractivity contribution in [3.63, 3.8) is 0 Å². The number of aliphatic carboxylic acids is 2. The standard InChI is InChI=1S/C39H52N12O11/c40-18-31(53)46-26(14-22-8-3-1-4-9-22)34(57)49-28(17-32(54)55)36(59)48-27(15-23-10-5-2-6-11-23)35(58)51-30(20-52)37(60)47-25(12-7-13-44-39(41)42)33(56)50-29(38(61)62)16-24-19-43-21-45-24/h1-6,8-11,19,21,25-30,52H,7,12-18,20,40H2,(H,43,45)(H,46,53)(H,47,60)(H,48,59)(H,49,57)(H,50,56)(H,51,58)(H,54,55)(H,61,62)(H4,41,42,44)/t25-,26-,27-,28-,29-,30-/m0/s1. The molecule has 16 N–H and O–H groups in total. The number of carboxylic acid groups (broad SMARTS) is 2. The molecule has 23 heteroatoms. The first kappa shape index (κ1) is 49.0. The minimum atomic E-state index is -1.78. The smallest absolute Gasteiger partial charge is 0.326 e. The second-order valence-corrected chi connectivity index (χ2v) is 13.9. The molecule has 0 saturated heterocycles. The lowest BCUT2D eigenvalue weighted by Crippen LogP contribution is -2.61. The Morgan fingerprint density at radius 3 is 1.63 bits per heavy atom. The van der Waals surface area contributed by atoms with Crippen molar-refractivity contribution in [3.8, 4) is 0 Å². The zero-order valence-electron chi connectivity index (χ0n) is 33.5. The number of nitrogens with one attached hydrogen (secondary N) is 7. The summed E-state index contributed by atoms with van der Waals surface area (Å²) < 4.78 is 0. The van der Waals surface area contributed by atoms with E-state index in [-0.39, 0.29) is 44.6 Å². The lowest BCUT2D eigenvalue weighted by molar-refractivity contribution is -0.142. The maximum Gasteiger partial charge on any atom is 0.326 e. The van der Waals surface area contributed by atoms with Crippen molar-refractivity contribution in [1.29, 1.82) is 0 Å². The van der Waals surface area contributed by atoms with Gasteiger partial charge in [-0.2, -0.15) is 0 Å². The van der Waals surface area contributed by atoms with E-state index < -0.39 is 103 Å². The van der Waals surface area contributed by atoms with Gasteiger partial charge in [0.25, 0.3) is 0 Å². The van der Waals surface area contributed by atoms with E-state index in [4.69, 9.17) is 17.2 Å². The van der Waals surface area contributed by atoms with Crippen LogP contribution in [0.3, 0.4) is 0 Å². The van der Waals surface area contributed by atoms with E-state index in [9.17, 15) is 53.7 Å². The Kier molecular flexibility index (Phi) is 20.0. The quantitative estimate of drug-likeness (QED) is 0.0207. The predicted molar refractivity (Wildman–Crippen MR) is 220 cm³/mol. The molecule has 3 aromatic rings. The highest BCUT2D eigenvalue weighted by molar-refractivity contribution is 5.98.